The van der Waals surface area contributed by atoms with Crippen LogP contribution in [0.5, 0.6) is 0 Å². The van der Waals surface area contributed by atoms with Crippen LogP contribution in [-0.2, 0) is 0 Å². The lowest BCUT2D eigenvalue weighted by atomic mass is 10.0. The average Bonchev–Trinajstić information content (AvgIpc) is 3.41. The fourth-order valence-electron chi connectivity index (χ4n) is 3.60. The minimum absolute atomic E-state index is 0.115. The zero-order chi connectivity index (χ0) is 20.2. The molecule has 0 spiro atoms. The molecule has 0 saturated heterocycles. The summed E-state index contributed by atoms with van der Waals surface area (Å²) in [7, 11) is 0. The molecule has 5 aromatic rings. The van der Waals surface area contributed by atoms with Crippen LogP contribution in [0.4, 0.5) is 0 Å². The summed E-state index contributed by atoms with van der Waals surface area (Å²) in [5.74, 6) is -0.128. The van der Waals surface area contributed by atoms with Crippen LogP contribution in [0.25, 0.3) is 38.8 Å². The van der Waals surface area contributed by atoms with Gasteiger partial charge >= 0.3 is 0 Å². The monoisotopic (exact) mass is 409 g/mol. The van der Waals surface area contributed by atoms with Crippen molar-refractivity contribution in [1.29, 1.82) is 0 Å². The first-order valence-electron chi connectivity index (χ1n) is 9.19. The number of carbonyl (C=O) groups is 2. The van der Waals surface area contributed by atoms with E-state index in [2.05, 4.69) is 15.0 Å². The van der Waals surface area contributed by atoms with Crippen molar-refractivity contribution in [3.05, 3.63) is 82.6 Å². The Balaban J connectivity index is 1.39. The van der Waals surface area contributed by atoms with Crippen molar-refractivity contribution in [3.8, 4) is 11.5 Å². The molecule has 0 unspecified atom stereocenters. The third-order valence-electron chi connectivity index (χ3n) is 5.03. The number of hydrogen-bond donors (Lipinski definition) is 0. The van der Waals surface area contributed by atoms with Gasteiger partial charge in [0.1, 0.15) is 5.01 Å². The van der Waals surface area contributed by atoms with Gasteiger partial charge in [-0.25, -0.2) is 0 Å². The fourth-order valence-corrected chi connectivity index (χ4v) is 4.40. The third-order valence-corrected chi connectivity index (χ3v) is 5.91. The SMILES string of the molecule is O=C1C(=Cc2nc3oc(-c4cccnc4)nc3s2)C(=O)c2cc3ccccc3cc21. The fraction of sp³-hybridized carbons (Fsp3) is 0. The zero-order valence-corrected chi connectivity index (χ0v) is 16.1. The summed E-state index contributed by atoms with van der Waals surface area (Å²) in [6.45, 7) is 0. The molecular weight excluding hydrogens is 398 g/mol. The Kier molecular flexibility index (Phi) is 3.54. The summed E-state index contributed by atoms with van der Waals surface area (Å²) in [5.41, 5.74) is 2.10. The van der Waals surface area contributed by atoms with Gasteiger partial charge in [0.25, 0.3) is 5.71 Å². The average molecular weight is 409 g/mol. The standard InChI is InChI=1S/C23H11N3O3S/c27-19-15-8-12-4-1-2-5-13(12)9-16(15)20(28)17(19)10-18-25-22-23(30-18)26-21(29-22)14-6-3-7-24-11-14/h1-11H. The van der Waals surface area contributed by atoms with E-state index >= 15 is 0 Å². The van der Waals surface area contributed by atoms with E-state index in [1.807, 2.05) is 30.3 Å². The van der Waals surface area contributed by atoms with E-state index in [-0.39, 0.29) is 17.1 Å². The number of hydrogen-bond acceptors (Lipinski definition) is 7. The number of Topliss-reactive ketones (excluding diaryl/α,β-unsaturated/α-hetero) is 2. The number of allylic oxidation sites excluding steroid dienone is 1. The summed E-state index contributed by atoms with van der Waals surface area (Å²) in [5, 5.41) is 2.36. The largest absolute Gasteiger partial charge is 0.417 e. The van der Waals surface area contributed by atoms with Gasteiger partial charge in [-0.3, -0.25) is 14.6 Å². The van der Waals surface area contributed by atoms with Crippen molar-refractivity contribution in [2.45, 2.75) is 0 Å². The topological polar surface area (TPSA) is 85.9 Å². The summed E-state index contributed by atoms with van der Waals surface area (Å²) >= 11 is 1.27. The summed E-state index contributed by atoms with van der Waals surface area (Å²) < 4.78 is 5.72. The van der Waals surface area contributed by atoms with Crippen LogP contribution in [0.2, 0.25) is 0 Å². The predicted molar refractivity (Wildman–Crippen MR) is 113 cm³/mol. The van der Waals surface area contributed by atoms with Crippen LogP contribution in [-0.4, -0.2) is 26.5 Å². The second-order valence-corrected chi connectivity index (χ2v) is 7.89. The quantitative estimate of drug-likeness (QED) is 0.302. The number of fused-ring (bicyclic) bond motifs is 3. The van der Waals surface area contributed by atoms with Gasteiger partial charge < -0.3 is 4.42 Å². The van der Waals surface area contributed by atoms with E-state index in [4.69, 9.17) is 4.42 Å². The molecular formula is C23H11N3O3S. The van der Waals surface area contributed by atoms with Crippen molar-refractivity contribution in [1.82, 2.24) is 15.0 Å². The maximum atomic E-state index is 12.9. The van der Waals surface area contributed by atoms with Crippen LogP contribution in [0.1, 0.15) is 25.7 Å². The number of pyridine rings is 1. The van der Waals surface area contributed by atoms with Gasteiger partial charge in [-0.05, 0) is 41.1 Å². The van der Waals surface area contributed by atoms with Gasteiger partial charge in [-0.15, -0.1) is 0 Å². The van der Waals surface area contributed by atoms with Crippen LogP contribution < -0.4 is 0 Å². The molecule has 0 atom stereocenters. The number of thiazole rings is 1. The lowest BCUT2D eigenvalue weighted by Crippen LogP contribution is -2.00. The van der Waals surface area contributed by atoms with Crippen LogP contribution in [0.3, 0.4) is 0 Å². The molecule has 0 N–H and O–H groups in total. The number of aromatic nitrogens is 3. The highest BCUT2D eigenvalue weighted by Crippen LogP contribution is 2.33. The molecule has 6 rings (SSSR count). The Morgan fingerprint density at radius 1 is 0.900 bits per heavy atom. The Hall–Kier alpha value is -3.97. The first kappa shape index (κ1) is 16.9. The van der Waals surface area contributed by atoms with Crippen molar-refractivity contribution in [3.63, 3.8) is 0 Å². The minimum Gasteiger partial charge on any atom is -0.417 e. The lowest BCUT2D eigenvalue weighted by molar-refractivity contribution is 0.0990. The molecule has 142 valence electrons. The second kappa shape index (κ2) is 6.27. The molecule has 0 saturated carbocycles. The number of rotatable bonds is 2. The van der Waals surface area contributed by atoms with Crippen LogP contribution in [0.15, 0.2) is 70.9 Å². The third kappa shape index (κ3) is 2.53. The smallest absolute Gasteiger partial charge is 0.259 e. The van der Waals surface area contributed by atoms with E-state index in [9.17, 15) is 9.59 Å². The molecule has 1 aliphatic carbocycles. The Bertz CT molecular complexity index is 1440. The van der Waals surface area contributed by atoms with Gasteiger partial charge in [-0.1, -0.05) is 35.6 Å². The highest BCUT2D eigenvalue weighted by atomic mass is 32.1. The van der Waals surface area contributed by atoms with Crippen molar-refractivity contribution in [2.75, 3.05) is 0 Å². The Labute approximate surface area is 173 Å². The Morgan fingerprint density at radius 3 is 2.27 bits per heavy atom. The molecule has 6 nitrogen and oxygen atoms in total. The highest BCUT2D eigenvalue weighted by molar-refractivity contribution is 7.18. The maximum absolute atomic E-state index is 12.9. The molecule has 2 aromatic carbocycles. The van der Waals surface area contributed by atoms with Gasteiger partial charge in [0.2, 0.25) is 5.89 Å². The molecule has 7 heteroatoms. The minimum atomic E-state index is -0.281. The summed E-state index contributed by atoms with van der Waals surface area (Å²) in [4.78, 5) is 39.3. The molecule has 1 aliphatic rings. The van der Waals surface area contributed by atoms with Gasteiger partial charge in [0.05, 0.1) is 11.1 Å². The van der Waals surface area contributed by atoms with Crippen LogP contribution >= 0.6 is 11.3 Å². The number of nitrogens with zero attached hydrogens (tertiary/aromatic N) is 3. The molecule has 3 aromatic heterocycles. The number of ketones is 2. The van der Waals surface area contributed by atoms with Gasteiger partial charge in [-0.2, -0.15) is 9.97 Å². The van der Waals surface area contributed by atoms with E-state index in [1.54, 1.807) is 30.6 Å². The molecule has 3 heterocycles. The molecule has 0 amide bonds. The summed E-state index contributed by atoms with van der Waals surface area (Å²) in [6, 6.07) is 14.9. The first-order valence-corrected chi connectivity index (χ1v) is 10.0. The zero-order valence-electron chi connectivity index (χ0n) is 15.3. The van der Waals surface area contributed by atoms with Crippen molar-refractivity contribution in [2.24, 2.45) is 0 Å². The molecule has 30 heavy (non-hydrogen) atoms. The molecule has 0 aliphatic heterocycles. The Morgan fingerprint density at radius 2 is 1.63 bits per heavy atom. The van der Waals surface area contributed by atoms with Crippen molar-refractivity contribution >= 4 is 50.3 Å². The van der Waals surface area contributed by atoms with Crippen molar-refractivity contribution < 1.29 is 14.0 Å². The lowest BCUT2D eigenvalue weighted by Gasteiger charge is -2.00. The maximum Gasteiger partial charge on any atom is 0.259 e. The van der Waals surface area contributed by atoms with Gasteiger partial charge in [0.15, 0.2) is 16.4 Å². The molecule has 0 radical (unpaired) electrons. The predicted octanol–water partition coefficient (Wildman–Crippen LogP) is 4.96. The number of benzene rings is 2. The normalized spacial score (nSPS) is 13.4. The van der Waals surface area contributed by atoms with E-state index in [1.165, 1.54) is 17.4 Å². The van der Waals surface area contributed by atoms with E-state index in [0.29, 0.717) is 32.6 Å². The number of carbonyl (C=O) groups excluding carboxylic acids is 2. The number of oxazole rings is 1. The van der Waals surface area contributed by atoms with Gasteiger partial charge in [0, 0.05) is 23.5 Å². The van der Waals surface area contributed by atoms with E-state index in [0.717, 1.165) is 16.3 Å². The molecule has 0 bridgehead atoms. The second-order valence-electron chi connectivity index (χ2n) is 6.88. The molecule has 0 fully saturated rings. The van der Waals surface area contributed by atoms with Crippen LogP contribution in [0, 0.1) is 0 Å². The van der Waals surface area contributed by atoms with E-state index < -0.39 is 0 Å². The first-order chi connectivity index (χ1) is 14.7. The summed E-state index contributed by atoms with van der Waals surface area (Å²) in [6.07, 6.45) is 4.87. The highest BCUT2D eigenvalue weighted by Gasteiger charge is 2.33.